The number of hydrogen-bond donors (Lipinski definition) is 1. The van der Waals surface area contributed by atoms with Gasteiger partial charge >= 0.3 is 0 Å². The first-order valence-corrected chi connectivity index (χ1v) is 6.00. The lowest BCUT2D eigenvalue weighted by Gasteiger charge is -2.28. The third-order valence-electron chi connectivity index (χ3n) is 2.63. The molecule has 0 atom stereocenters. The Kier molecular flexibility index (Phi) is 2.87. The predicted octanol–water partition coefficient (Wildman–Crippen LogP) is 3.02. The van der Waals surface area contributed by atoms with E-state index in [0.717, 1.165) is 25.3 Å². The quantitative estimate of drug-likeness (QED) is 0.794. The van der Waals surface area contributed by atoms with Crippen molar-refractivity contribution in [2.75, 3.05) is 6.54 Å². The summed E-state index contributed by atoms with van der Waals surface area (Å²) in [6.45, 7) is 4.13. The molecule has 14 heavy (non-hydrogen) atoms. The van der Waals surface area contributed by atoms with Crippen molar-refractivity contribution in [3.05, 3.63) is 21.9 Å². The Morgan fingerprint density at radius 1 is 1.50 bits per heavy atom. The van der Waals surface area contributed by atoms with Crippen molar-refractivity contribution in [2.45, 2.75) is 32.7 Å². The molecule has 1 aliphatic rings. The molecular formula is C11H16N2S. The van der Waals surface area contributed by atoms with Crippen molar-refractivity contribution in [2.24, 2.45) is 0 Å². The normalized spacial score (nSPS) is 17.5. The highest BCUT2D eigenvalue weighted by atomic mass is 32.1. The largest absolute Gasteiger partial charge is 0.356 e. The molecule has 3 heteroatoms. The molecule has 1 N–H and O–H groups in total. The van der Waals surface area contributed by atoms with Gasteiger partial charge in [-0.3, -0.25) is 5.41 Å². The number of likely N-dealkylation sites (tertiary alicyclic amines) is 1. The Labute approximate surface area is 89.1 Å². The summed E-state index contributed by atoms with van der Waals surface area (Å²) in [5, 5.41) is 10.0. The Morgan fingerprint density at radius 3 is 3.00 bits per heavy atom. The minimum Gasteiger partial charge on any atom is -0.356 e. The smallest absolute Gasteiger partial charge is 0.0960 e. The van der Waals surface area contributed by atoms with E-state index >= 15 is 0 Å². The van der Waals surface area contributed by atoms with E-state index in [-0.39, 0.29) is 0 Å². The molecule has 0 aromatic carbocycles. The van der Waals surface area contributed by atoms with E-state index in [4.69, 9.17) is 5.41 Å². The number of thiophene rings is 1. The molecular weight excluding hydrogens is 192 g/mol. The third kappa shape index (κ3) is 2.15. The molecule has 76 valence electrons. The van der Waals surface area contributed by atoms with Crippen LogP contribution < -0.4 is 0 Å². The molecule has 0 bridgehead atoms. The highest BCUT2D eigenvalue weighted by Gasteiger charge is 2.14. The van der Waals surface area contributed by atoms with E-state index < -0.39 is 0 Å². The number of rotatable bonds is 2. The van der Waals surface area contributed by atoms with Gasteiger partial charge < -0.3 is 4.90 Å². The van der Waals surface area contributed by atoms with Crippen LogP contribution in [0.4, 0.5) is 0 Å². The van der Waals surface area contributed by atoms with Crippen molar-refractivity contribution < 1.29 is 0 Å². The first-order valence-electron chi connectivity index (χ1n) is 5.12. The van der Waals surface area contributed by atoms with Crippen LogP contribution in [0.2, 0.25) is 0 Å². The first kappa shape index (κ1) is 9.71. The molecule has 1 aromatic rings. The van der Waals surface area contributed by atoms with Crippen LogP contribution in [0.5, 0.6) is 0 Å². The van der Waals surface area contributed by atoms with Crippen LogP contribution >= 0.6 is 11.3 Å². The molecule has 2 rings (SSSR count). The van der Waals surface area contributed by atoms with Gasteiger partial charge in [-0.1, -0.05) is 0 Å². The second-order valence-corrected chi connectivity index (χ2v) is 5.01. The summed E-state index contributed by atoms with van der Waals surface area (Å²) >= 11 is 1.80. The van der Waals surface area contributed by atoms with Gasteiger partial charge in [0.1, 0.15) is 0 Å². The lowest BCUT2D eigenvalue weighted by atomic mass is 10.1. The fourth-order valence-electron chi connectivity index (χ4n) is 1.86. The van der Waals surface area contributed by atoms with Crippen molar-refractivity contribution in [3.63, 3.8) is 0 Å². The van der Waals surface area contributed by atoms with Crippen LogP contribution in [-0.4, -0.2) is 17.3 Å². The summed E-state index contributed by atoms with van der Waals surface area (Å²) in [5.41, 5.74) is 1.36. The van der Waals surface area contributed by atoms with E-state index in [9.17, 15) is 0 Å². The summed E-state index contributed by atoms with van der Waals surface area (Å²) in [6, 6.07) is 2.23. The monoisotopic (exact) mass is 208 g/mol. The Morgan fingerprint density at radius 2 is 2.36 bits per heavy atom. The van der Waals surface area contributed by atoms with Gasteiger partial charge in [-0.2, -0.15) is 0 Å². The Bertz CT molecular complexity index is 330. The summed E-state index contributed by atoms with van der Waals surface area (Å²) in [4.78, 5) is 3.56. The van der Waals surface area contributed by atoms with Gasteiger partial charge in [-0.05, 0) is 36.8 Å². The molecule has 0 unspecified atom stereocenters. The topological polar surface area (TPSA) is 27.1 Å². The maximum Gasteiger partial charge on any atom is 0.0960 e. The second kappa shape index (κ2) is 4.13. The van der Waals surface area contributed by atoms with E-state index in [1.54, 1.807) is 11.3 Å². The minimum atomic E-state index is 0.820. The SMILES string of the molecule is Cc1cc(CN2CCCCC2=N)cs1. The zero-order valence-electron chi connectivity index (χ0n) is 8.55. The predicted molar refractivity (Wildman–Crippen MR) is 61.0 cm³/mol. The molecule has 0 saturated carbocycles. The molecule has 2 heterocycles. The van der Waals surface area contributed by atoms with Crippen LogP contribution in [0, 0.1) is 12.3 Å². The summed E-state index contributed by atoms with van der Waals surface area (Å²) in [6.07, 6.45) is 3.40. The van der Waals surface area contributed by atoms with Crippen LogP contribution in [0.3, 0.4) is 0 Å². The van der Waals surface area contributed by atoms with Crippen molar-refractivity contribution in [1.29, 1.82) is 5.41 Å². The Balaban J connectivity index is 1.99. The molecule has 1 fully saturated rings. The zero-order chi connectivity index (χ0) is 9.97. The van der Waals surface area contributed by atoms with Gasteiger partial charge in [-0.25, -0.2) is 0 Å². The highest BCUT2D eigenvalue weighted by Crippen LogP contribution is 2.18. The molecule has 1 saturated heterocycles. The summed E-state index contributed by atoms with van der Waals surface area (Å²) < 4.78 is 0. The summed E-state index contributed by atoms with van der Waals surface area (Å²) in [7, 11) is 0. The van der Waals surface area contributed by atoms with Crippen molar-refractivity contribution in [1.82, 2.24) is 4.90 Å². The summed E-state index contributed by atoms with van der Waals surface area (Å²) in [5.74, 6) is 0.820. The number of amidine groups is 1. The fraction of sp³-hybridized carbons (Fsp3) is 0.545. The molecule has 2 nitrogen and oxygen atoms in total. The number of hydrogen-bond acceptors (Lipinski definition) is 2. The minimum absolute atomic E-state index is 0.820. The maximum atomic E-state index is 7.83. The molecule has 0 radical (unpaired) electrons. The number of nitrogens with zero attached hydrogens (tertiary/aromatic N) is 1. The fourth-order valence-corrected chi connectivity index (χ4v) is 2.56. The van der Waals surface area contributed by atoms with Gasteiger partial charge in [0.25, 0.3) is 0 Å². The van der Waals surface area contributed by atoms with E-state index in [0.29, 0.717) is 0 Å². The van der Waals surface area contributed by atoms with E-state index in [2.05, 4.69) is 23.3 Å². The average Bonchev–Trinajstić information content (AvgIpc) is 2.56. The van der Waals surface area contributed by atoms with Crippen LogP contribution in [-0.2, 0) is 6.54 Å². The van der Waals surface area contributed by atoms with Crippen molar-refractivity contribution >= 4 is 17.2 Å². The lowest BCUT2D eigenvalue weighted by Crippen LogP contribution is -2.33. The van der Waals surface area contributed by atoms with Crippen LogP contribution in [0.15, 0.2) is 11.4 Å². The number of nitrogens with one attached hydrogen (secondary N) is 1. The molecule has 0 spiro atoms. The molecule has 0 aliphatic carbocycles. The molecule has 0 amide bonds. The van der Waals surface area contributed by atoms with Gasteiger partial charge in [0, 0.05) is 24.4 Å². The van der Waals surface area contributed by atoms with Crippen LogP contribution in [0.25, 0.3) is 0 Å². The standard InChI is InChI=1S/C11H16N2S/c1-9-6-10(8-14-9)7-13-5-3-2-4-11(13)12/h6,8,12H,2-5,7H2,1H3. The molecule has 1 aromatic heterocycles. The number of aryl methyl sites for hydroxylation is 1. The number of piperidine rings is 1. The van der Waals surface area contributed by atoms with E-state index in [1.807, 2.05) is 0 Å². The highest BCUT2D eigenvalue weighted by molar-refractivity contribution is 7.10. The molecule has 1 aliphatic heterocycles. The van der Waals surface area contributed by atoms with Gasteiger partial charge in [-0.15, -0.1) is 11.3 Å². The zero-order valence-corrected chi connectivity index (χ0v) is 9.36. The van der Waals surface area contributed by atoms with Crippen molar-refractivity contribution in [3.8, 4) is 0 Å². The van der Waals surface area contributed by atoms with Crippen LogP contribution in [0.1, 0.15) is 29.7 Å². The first-order chi connectivity index (χ1) is 6.75. The van der Waals surface area contributed by atoms with E-state index in [1.165, 1.54) is 23.3 Å². The lowest BCUT2D eigenvalue weighted by molar-refractivity contribution is 0.361. The maximum absolute atomic E-state index is 7.83. The second-order valence-electron chi connectivity index (χ2n) is 3.89. The average molecular weight is 208 g/mol. The van der Waals surface area contributed by atoms with Gasteiger partial charge in [0.05, 0.1) is 5.84 Å². The van der Waals surface area contributed by atoms with Gasteiger partial charge in [0.15, 0.2) is 0 Å². The third-order valence-corrected chi connectivity index (χ3v) is 3.54. The Hall–Kier alpha value is -0.830. The van der Waals surface area contributed by atoms with Gasteiger partial charge in [0.2, 0.25) is 0 Å².